The molecule has 0 aliphatic rings. The van der Waals surface area contributed by atoms with Crippen LogP contribution in [-0.4, -0.2) is 15.0 Å². The van der Waals surface area contributed by atoms with Crippen LogP contribution in [0, 0.1) is 0 Å². The Hall–Kier alpha value is -8.41. The van der Waals surface area contributed by atoms with Gasteiger partial charge in [-0.15, -0.1) is 0 Å². The van der Waals surface area contributed by atoms with Gasteiger partial charge in [-0.05, 0) is 91.8 Å². The van der Waals surface area contributed by atoms with Crippen molar-refractivity contribution in [1.82, 2.24) is 15.0 Å². The number of benzene rings is 9. The van der Waals surface area contributed by atoms with E-state index in [-0.39, 0.29) is 0 Å². The lowest BCUT2D eigenvalue weighted by molar-refractivity contribution is 0.598. The van der Waals surface area contributed by atoms with Crippen LogP contribution in [0.3, 0.4) is 0 Å². The normalized spacial score (nSPS) is 12.0. The molecule has 0 radical (unpaired) electrons. The molecule has 0 aliphatic heterocycles. The van der Waals surface area contributed by atoms with Crippen molar-refractivity contribution in [3.8, 4) is 45.0 Å². The smallest absolute Gasteiger partial charge is 0.167 e. The highest BCUT2D eigenvalue weighted by Crippen LogP contribution is 2.44. The maximum absolute atomic E-state index is 6.63. The summed E-state index contributed by atoms with van der Waals surface area (Å²) >= 11 is 0. The van der Waals surface area contributed by atoms with Gasteiger partial charge in [-0.25, -0.2) is 15.0 Å². The summed E-state index contributed by atoms with van der Waals surface area (Å²) < 4.78 is 13.2. The number of furan rings is 2. The van der Waals surface area contributed by atoms with Crippen molar-refractivity contribution in [3.63, 3.8) is 0 Å². The highest BCUT2D eigenvalue weighted by Gasteiger charge is 2.25. The number of fused-ring (bicyclic) bond motifs is 8. The summed E-state index contributed by atoms with van der Waals surface area (Å²) in [4.78, 5) is 16.2. The van der Waals surface area contributed by atoms with Gasteiger partial charge in [0, 0.05) is 27.3 Å². The molecule has 0 aliphatic carbocycles. The molecule has 0 spiro atoms. The molecule has 5 heteroatoms. The van der Waals surface area contributed by atoms with E-state index in [1.165, 1.54) is 21.9 Å². The third kappa shape index (κ3) is 5.89. The van der Waals surface area contributed by atoms with Crippen LogP contribution >= 0.6 is 0 Å². The van der Waals surface area contributed by atoms with Gasteiger partial charge in [-0.2, -0.15) is 0 Å². The average Bonchev–Trinajstić information content (AvgIpc) is 3.92. The molecule has 0 bridgehead atoms. The summed E-state index contributed by atoms with van der Waals surface area (Å²) in [5.41, 5.74) is 10.0. The zero-order valence-electron chi connectivity index (χ0n) is 34.3. The first-order chi connectivity index (χ1) is 31.1. The van der Waals surface area contributed by atoms with Gasteiger partial charge in [-0.3, -0.25) is 0 Å². The molecule has 0 saturated heterocycles. The van der Waals surface area contributed by atoms with E-state index in [1.807, 2.05) is 67.6 Å². The summed E-state index contributed by atoms with van der Waals surface area (Å²) in [6.07, 6.45) is 3.86. The molecule has 12 rings (SSSR count). The van der Waals surface area contributed by atoms with Gasteiger partial charge >= 0.3 is 0 Å². The monoisotopic (exact) mass is 807 g/mol. The third-order valence-electron chi connectivity index (χ3n) is 12.3. The van der Waals surface area contributed by atoms with Crippen molar-refractivity contribution in [1.29, 1.82) is 0 Å². The largest absolute Gasteiger partial charge is 0.455 e. The highest BCUT2D eigenvalue weighted by molar-refractivity contribution is 6.17. The van der Waals surface area contributed by atoms with Gasteiger partial charge in [0.1, 0.15) is 22.5 Å². The Labute approximate surface area is 362 Å². The molecular formula is C58H37N3O2. The quantitative estimate of drug-likeness (QED) is 0.150. The van der Waals surface area contributed by atoms with E-state index in [0.717, 1.165) is 82.3 Å². The predicted octanol–water partition coefficient (Wildman–Crippen LogP) is 15.7. The molecule has 9 aromatic carbocycles. The standard InChI is InChI=1S/C58H37N3O2/c1-3-39-44-23-12-14-27-51(44)62-54(39)40(4-2)56-59-57(48-26-16-25-47-45-24-13-15-28-52(45)63-55(47)48)61-58(60-56)53-41-20-9-8-19-36(41)31-32-46(53)50-34-38-30-29-37(35-17-6-5-7-18-35)33-49(38)42-21-10-11-22-43(42)50/h3-34H,1H2,2H3/b40-4+. The van der Waals surface area contributed by atoms with Crippen LogP contribution in [0.25, 0.3) is 122 Å². The van der Waals surface area contributed by atoms with Gasteiger partial charge in [0.25, 0.3) is 0 Å². The summed E-state index contributed by atoms with van der Waals surface area (Å²) in [5, 5.41) is 9.76. The van der Waals surface area contributed by atoms with Gasteiger partial charge in [-0.1, -0.05) is 170 Å². The number of aromatic nitrogens is 3. The molecule has 0 unspecified atom stereocenters. The van der Waals surface area contributed by atoms with Crippen LogP contribution < -0.4 is 0 Å². The number of para-hydroxylation sites is 3. The topological polar surface area (TPSA) is 65.0 Å². The SMILES string of the molecule is C=Cc1c(/C(=C\C)c2nc(-c3c(-c4cc5ccc(-c6ccccc6)cc5c5ccccc45)ccc4ccccc34)nc(-c3cccc4c3oc3ccccc34)n2)oc2ccccc12. The molecule has 296 valence electrons. The van der Waals surface area contributed by atoms with E-state index in [9.17, 15) is 0 Å². The van der Waals surface area contributed by atoms with Gasteiger partial charge < -0.3 is 8.83 Å². The fourth-order valence-electron chi connectivity index (χ4n) is 9.35. The maximum atomic E-state index is 6.63. The Morgan fingerprint density at radius 1 is 0.460 bits per heavy atom. The van der Waals surface area contributed by atoms with Crippen LogP contribution in [0.4, 0.5) is 0 Å². The molecule has 3 heterocycles. The Kier molecular flexibility index (Phi) is 8.47. The van der Waals surface area contributed by atoms with E-state index in [1.54, 1.807) is 0 Å². The molecule has 12 aromatic rings. The molecule has 0 atom stereocenters. The highest BCUT2D eigenvalue weighted by atomic mass is 16.3. The van der Waals surface area contributed by atoms with Crippen LogP contribution in [0.1, 0.15) is 24.1 Å². The van der Waals surface area contributed by atoms with E-state index in [0.29, 0.717) is 28.8 Å². The molecular weight excluding hydrogens is 771 g/mol. The number of rotatable bonds is 7. The Balaban J connectivity index is 1.16. The summed E-state index contributed by atoms with van der Waals surface area (Å²) in [6.45, 7) is 6.19. The summed E-state index contributed by atoms with van der Waals surface area (Å²) in [6, 6.07) is 63.5. The lowest BCUT2D eigenvalue weighted by Crippen LogP contribution is -2.05. The first-order valence-corrected chi connectivity index (χ1v) is 21.2. The Bertz CT molecular complexity index is 3840. The van der Waals surface area contributed by atoms with Gasteiger partial charge in [0.2, 0.25) is 0 Å². The Morgan fingerprint density at radius 2 is 1.13 bits per heavy atom. The lowest BCUT2D eigenvalue weighted by Gasteiger charge is -2.18. The molecule has 0 fully saturated rings. The minimum Gasteiger partial charge on any atom is -0.455 e. The van der Waals surface area contributed by atoms with E-state index >= 15 is 0 Å². The van der Waals surface area contributed by atoms with Gasteiger partial charge in [0.05, 0.1) is 11.1 Å². The average molecular weight is 808 g/mol. The molecule has 5 nitrogen and oxygen atoms in total. The Morgan fingerprint density at radius 3 is 1.94 bits per heavy atom. The third-order valence-corrected chi connectivity index (χ3v) is 12.3. The second-order valence-corrected chi connectivity index (χ2v) is 15.8. The predicted molar refractivity (Wildman–Crippen MR) is 260 cm³/mol. The van der Waals surface area contributed by atoms with Crippen molar-refractivity contribution in [2.24, 2.45) is 0 Å². The molecule has 0 saturated carbocycles. The van der Waals surface area contributed by atoms with Crippen molar-refractivity contribution < 1.29 is 8.83 Å². The second-order valence-electron chi connectivity index (χ2n) is 15.8. The first kappa shape index (κ1) is 36.4. The van der Waals surface area contributed by atoms with E-state index < -0.39 is 0 Å². The fourth-order valence-corrected chi connectivity index (χ4v) is 9.35. The van der Waals surface area contributed by atoms with Gasteiger partial charge in [0.15, 0.2) is 17.5 Å². The zero-order chi connectivity index (χ0) is 42.0. The number of hydrogen-bond acceptors (Lipinski definition) is 5. The van der Waals surface area contributed by atoms with Crippen molar-refractivity contribution >= 4 is 76.9 Å². The summed E-state index contributed by atoms with van der Waals surface area (Å²) in [7, 11) is 0. The van der Waals surface area contributed by atoms with Crippen molar-refractivity contribution in [3.05, 3.63) is 212 Å². The van der Waals surface area contributed by atoms with Crippen LogP contribution in [0.15, 0.2) is 203 Å². The van der Waals surface area contributed by atoms with Crippen LogP contribution in [0.5, 0.6) is 0 Å². The number of nitrogens with zero attached hydrogens (tertiary/aromatic N) is 3. The lowest BCUT2D eigenvalue weighted by atomic mass is 9.88. The first-order valence-electron chi connectivity index (χ1n) is 21.2. The van der Waals surface area contributed by atoms with E-state index in [2.05, 4.69) is 140 Å². The molecule has 3 aromatic heterocycles. The van der Waals surface area contributed by atoms with Crippen LogP contribution in [-0.2, 0) is 0 Å². The molecule has 0 N–H and O–H groups in total. The summed E-state index contributed by atoms with van der Waals surface area (Å²) in [5.74, 6) is 2.15. The van der Waals surface area contributed by atoms with Crippen molar-refractivity contribution in [2.45, 2.75) is 6.92 Å². The van der Waals surface area contributed by atoms with E-state index in [4.69, 9.17) is 23.8 Å². The fraction of sp³-hybridized carbons (Fsp3) is 0.0172. The molecule has 0 amide bonds. The zero-order valence-corrected chi connectivity index (χ0v) is 34.3. The molecule has 63 heavy (non-hydrogen) atoms. The maximum Gasteiger partial charge on any atom is 0.167 e. The minimum atomic E-state index is 0.475. The van der Waals surface area contributed by atoms with Crippen LogP contribution in [0.2, 0.25) is 0 Å². The second kappa shape index (κ2) is 14.6. The minimum absolute atomic E-state index is 0.475. The number of hydrogen-bond donors (Lipinski definition) is 0. The van der Waals surface area contributed by atoms with Crippen molar-refractivity contribution in [2.75, 3.05) is 0 Å². The number of allylic oxidation sites excluding steroid dienone is 1.